The van der Waals surface area contributed by atoms with Crippen molar-refractivity contribution < 1.29 is 0 Å². The Morgan fingerprint density at radius 2 is 1.00 bits per heavy atom. The van der Waals surface area contributed by atoms with Crippen molar-refractivity contribution in [1.29, 1.82) is 0 Å². The summed E-state index contributed by atoms with van der Waals surface area (Å²) in [6.45, 7) is 0. The highest BCUT2D eigenvalue weighted by Crippen LogP contribution is 2.36. The lowest BCUT2D eigenvalue weighted by Crippen LogP contribution is -1.86. The molecule has 0 atom stereocenters. The molecule has 24 heavy (non-hydrogen) atoms. The van der Waals surface area contributed by atoms with E-state index < -0.39 is 0 Å². The van der Waals surface area contributed by atoms with Crippen LogP contribution in [0.4, 0.5) is 0 Å². The highest BCUT2D eigenvalue weighted by molar-refractivity contribution is 6.25. The predicted molar refractivity (Wildman–Crippen MR) is 102 cm³/mol. The van der Waals surface area contributed by atoms with Crippen LogP contribution in [0, 0.1) is 0 Å². The Morgan fingerprint density at radius 1 is 0.458 bits per heavy atom. The normalized spacial score (nSPS) is 11.3. The fourth-order valence-electron chi connectivity index (χ4n) is 3.60. The van der Waals surface area contributed by atoms with Gasteiger partial charge < -0.3 is 0 Å². The van der Waals surface area contributed by atoms with Gasteiger partial charge in [0.1, 0.15) is 0 Å². The van der Waals surface area contributed by atoms with E-state index in [0.29, 0.717) is 0 Å². The Labute approximate surface area is 140 Å². The smallest absolute Gasteiger partial charge is 0.0702 e. The first-order valence-corrected chi connectivity index (χ1v) is 8.16. The zero-order chi connectivity index (χ0) is 15.9. The van der Waals surface area contributed by atoms with E-state index in [2.05, 4.69) is 77.8 Å². The highest BCUT2D eigenvalue weighted by Gasteiger charge is 2.09. The average Bonchev–Trinajstić information content (AvgIpc) is 2.68. The standard InChI is InChI=1S/C23H15N/c1-2-9-19-17(7-1)18-8-3-4-10-20(18)22-15-16(12-13-21(19)22)23-11-5-6-14-24-23/h1-15H. The third-order valence-electron chi connectivity index (χ3n) is 4.70. The Kier molecular flexibility index (Phi) is 2.86. The van der Waals surface area contributed by atoms with Crippen LogP contribution in [0.3, 0.4) is 0 Å². The van der Waals surface area contributed by atoms with Crippen molar-refractivity contribution >= 4 is 32.3 Å². The van der Waals surface area contributed by atoms with Gasteiger partial charge in [0.2, 0.25) is 0 Å². The summed E-state index contributed by atoms with van der Waals surface area (Å²) >= 11 is 0. The van der Waals surface area contributed by atoms with E-state index in [-0.39, 0.29) is 0 Å². The van der Waals surface area contributed by atoms with E-state index in [1.807, 2.05) is 18.3 Å². The average molecular weight is 305 g/mol. The van der Waals surface area contributed by atoms with Gasteiger partial charge >= 0.3 is 0 Å². The van der Waals surface area contributed by atoms with Gasteiger partial charge in [-0.3, -0.25) is 4.98 Å². The molecule has 4 aromatic carbocycles. The first kappa shape index (κ1) is 13.3. The van der Waals surface area contributed by atoms with Crippen LogP contribution in [0.15, 0.2) is 91.1 Å². The van der Waals surface area contributed by atoms with Crippen LogP contribution in [0.1, 0.15) is 0 Å². The van der Waals surface area contributed by atoms with Crippen molar-refractivity contribution in [2.45, 2.75) is 0 Å². The van der Waals surface area contributed by atoms with Gasteiger partial charge in [-0.2, -0.15) is 0 Å². The molecule has 0 radical (unpaired) electrons. The largest absolute Gasteiger partial charge is 0.256 e. The zero-order valence-electron chi connectivity index (χ0n) is 13.1. The minimum absolute atomic E-state index is 1.01. The number of benzene rings is 4. The Balaban J connectivity index is 1.96. The second-order valence-electron chi connectivity index (χ2n) is 6.07. The molecule has 0 spiro atoms. The molecule has 0 bridgehead atoms. The van der Waals surface area contributed by atoms with Crippen LogP contribution in [-0.4, -0.2) is 4.98 Å². The van der Waals surface area contributed by atoms with Gasteiger partial charge in [0.25, 0.3) is 0 Å². The molecule has 0 saturated heterocycles. The highest BCUT2D eigenvalue weighted by atomic mass is 14.7. The molecule has 0 aliphatic rings. The summed E-state index contributed by atoms with van der Waals surface area (Å²) in [5.74, 6) is 0. The van der Waals surface area contributed by atoms with E-state index in [9.17, 15) is 0 Å². The molecule has 0 aliphatic heterocycles. The number of pyridine rings is 1. The van der Waals surface area contributed by atoms with E-state index in [4.69, 9.17) is 0 Å². The summed E-state index contributed by atoms with van der Waals surface area (Å²) in [5, 5.41) is 7.80. The molecular formula is C23H15N. The lowest BCUT2D eigenvalue weighted by Gasteiger charge is -2.11. The number of aromatic nitrogens is 1. The molecule has 0 amide bonds. The van der Waals surface area contributed by atoms with Crippen molar-refractivity contribution in [2.75, 3.05) is 0 Å². The monoisotopic (exact) mass is 305 g/mol. The van der Waals surface area contributed by atoms with Crippen molar-refractivity contribution in [3.05, 3.63) is 91.1 Å². The molecule has 112 valence electrons. The fraction of sp³-hybridized carbons (Fsp3) is 0. The number of fused-ring (bicyclic) bond motifs is 6. The van der Waals surface area contributed by atoms with Crippen LogP contribution in [0.5, 0.6) is 0 Å². The molecule has 1 aromatic heterocycles. The van der Waals surface area contributed by atoms with E-state index >= 15 is 0 Å². The minimum atomic E-state index is 1.01. The maximum atomic E-state index is 4.50. The van der Waals surface area contributed by atoms with Gasteiger partial charge in [0, 0.05) is 11.8 Å². The Hall–Kier alpha value is -3.19. The van der Waals surface area contributed by atoms with Crippen LogP contribution in [0.25, 0.3) is 43.6 Å². The van der Waals surface area contributed by atoms with E-state index in [0.717, 1.165) is 11.3 Å². The summed E-state index contributed by atoms with van der Waals surface area (Å²) in [7, 11) is 0. The predicted octanol–water partition coefficient (Wildman–Crippen LogP) is 6.21. The molecule has 0 N–H and O–H groups in total. The molecule has 5 rings (SSSR count). The maximum absolute atomic E-state index is 4.50. The van der Waals surface area contributed by atoms with Crippen LogP contribution >= 0.6 is 0 Å². The second-order valence-corrected chi connectivity index (χ2v) is 6.07. The number of nitrogens with zero attached hydrogens (tertiary/aromatic N) is 1. The molecular weight excluding hydrogens is 290 g/mol. The molecule has 1 heterocycles. The quantitative estimate of drug-likeness (QED) is 0.336. The molecule has 5 aromatic rings. The molecule has 0 fully saturated rings. The molecule has 1 nitrogen and oxygen atoms in total. The summed E-state index contributed by atoms with van der Waals surface area (Å²) in [6.07, 6.45) is 1.85. The topological polar surface area (TPSA) is 12.9 Å². The molecule has 0 aliphatic carbocycles. The van der Waals surface area contributed by atoms with Gasteiger partial charge in [-0.05, 0) is 50.5 Å². The Bertz CT molecular complexity index is 1150. The first-order chi connectivity index (χ1) is 11.9. The number of hydrogen-bond donors (Lipinski definition) is 0. The number of hydrogen-bond acceptors (Lipinski definition) is 1. The van der Waals surface area contributed by atoms with Gasteiger partial charge in [-0.1, -0.05) is 66.7 Å². The van der Waals surface area contributed by atoms with Crippen LogP contribution in [-0.2, 0) is 0 Å². The number of rotatable bonds is 1. The van der Waals surface area contributed by atoms with Gasteiger partial charge in [0.05, 0.1) is 5.69 Å². The van der Waals surface area contributed by atoms with Crippen LogP contribution in [0.2, 0.25) is 0 Å². The summed E-state index contributed by atoms with van der Waals surface area (Å²) in [6, 6.07) is 30.0. The van der Waals surface area contributed by atoms with Gasteiger partial charge in [-0.15, -0.1) is 0 Å². The summed E-state index contributed by atoms with van der Waals surface area (Å²) in [4.78, 5) is 4.50. The lowest BCUT2D eigenvalue weighted by molar-refractivity contribution is 1.33. The Morgan fingerprint density at radius 3 is 1.58 bits per heavy atom. The van der Waals surface area contributed by atoms with Crippen molar-refractivity contribution in [3.63, 3.8) is 0 Å². The van der Waals surface area contributed by atoms with Crippen molar-refractivity contribution in [2.24, 2.45) is 0 Å². The summed E-state index contributed by atoms with van der Waals surface area (Å²) < 4.78 is 0. The third-order valence-corrected chi connectivity index (χ3v) is 4.70. The first-order valence-electron chi connectivity index (χ1n) is 8.16. The minimum Gasteiger partial charge on any atom is -0.256 e. The third kappa shape index (κ3) is 1.92. The SMILES string of the molecule is c1ccc(-c2ccc3c4ccccc4c4ccccc4c3c2)nc1. The fourth-order valence-corrected chi connectivity index (χ4v) is 3.60. The van der Waals surface area contributed by atoms with E-state index in [1.165, 1.54) is 32.3 Å². The van der Waals surface area contributed by atoms with Crippen molar-refractivity contribution in [1.82, 2.24) is 4.98 Å². The zero-order valence-corrected chi connectivity index (χ0v) is 13.1. The molecule has 0 saturated carbocycles. The van der Waals surface area contributed by atoms with Gasteiger partial charge in [-0.25, -0.2) is 0 Å². The molecule has 0 unspecified atom stereocenters. The van der Waals surface area contributed by atoms with Gasteiger partial charge in [0.15, 0.2) is 0 Å². The molecule has 1 heteroatoms. The van der Waals surface area contributed by atoms with Crippen LogP contribution < -0.4 is 0 Å². The summed E-state index contributed by atoms with van der Waals surface area (Å²) in [5.41, 5.74) is 2.17. The van der Waals surface area contributed by atoms with Crippen molar-refractivity contribution in [3.8, 4) is 11.3 Å². The lowest BCUT2D eigenvalue weighted by atomic mass is 9.93. The van der Waals surface area contributed by atoms with E-state index in [1.54, 1.807) is 0 Å². The maximum Gasteiger partial charge on any atom is 0.0702 e. The second kappa shape index (κ2) is 5.17.